The van der Waals surface area contributed by atoms with Crippen molar-refractivity contribution in [3.63, 3.8) is 0 Å². The van der Waals surface area contributed by atoms with Crippen LogP contribution < -0.4 is 31.8 Å². The van der Waals surface area contributed by atoms with E-state index in [1.54, 1.807) is 0 Å². The van der Waals surface area contributed by atoms with Crippen molar-refractivity contribution in [1.82, 2.24) is 0 Å². The molecule has 0 N–H and O–H groups in total. The molecule has 7 aromatic carbocycles. The van der Waals surface area contributed by atoms with Crippen molar-refractivity contribution in [3.05, 3.63) is 217 Å². The van der Waals surface area contributed by atoms with Crippen molar-refractivity contribution in [2.45, 2.75) is 12.3 Å². The molecule has 0 radical (unpaired) electrons. The molecular weight excluding hydrogens is 764 g/mol. The highest BCUT2D eigenvalue weighted by atomic mass is 31.2. The van der Waals surface area contributed by atoms with Crippen LogP contribution in [0.2, 0.25) is 0 Å². The van der Waals surface area contributed by atoms with Crippen LogP contribution in [-0.2, 0) is 12.3 Å². The van der Waals surface area contributed by atoms with E-state index in [4.69, 9.17) is 0 Å². The molecule has 0 heterocycles. The van der Waals surface area contributed by atoms with Crippen LogP contribution in [-0.4, -0.2) is 14.5 Å². The van der Waals surface area contributed by atoms with Gasteiger partial charge in [0.1, 0.15) is 46.4 Å². The minimum absolute atomic E-state index is 0.958. The molecule has 286 valence electrons. The van der Waals surface area contributed by atoms with E-state index in [9.17, 15) is 34.5 Å². The largest absolute Gasteiger partial charge is 0.673 e. The molecule has 12 heteroatoms. The van der Waals surface area contributed by atoms with E-state index in [1.807, 2.05) is 0 Å². The van der Waals surface area contributed by atoms with Gasteiger partial charge in [0.15, 0.2) is 0 Å². The number of halogens is 8. The van der Waals surface area contributed by atoms with Crippen molar-refractivity contribution < 1.29 is 34.5 Å². The Balaban J connectivity index is 0.000000536. The molecule has 0 aliphatic carbocycles. The highest BCUT2D eigenvalue weighted by molar-refractivity contribution is 7.95. The number of hydrogen-bond donors (Lipinski definition) is 0. The lowest BCUT2D eigenvalue weighted by molar-refractivity contribution is 0.366. The van der Waals surface area contributed by atoms with Crippen molar-refractivity contribution in [2.75, 3.05) is 0 Å². The number of rotatable bonds is 10. The van der Waals surface area contributed by atoms with Crippen LogP contribution in [0.5, 0.6) is 0 Å². The van der Waals surface area contributed by atoms with Crippen molar-refractivity contribution >= 4 is 60.9 Å². The minimum atomic E-state index is -6.00. The maximum absolute atomic E-state index is 9.75. The molecule has 0 unspecified atom stereocenters. The fraction of sp³-hybridized carbons (Fsp3) is 0.0455. The summed E-state index contributed by atoms with van der Waals surface area (Å²) in [5.74, 6) is 0. The molecule has 7 aromatic rings. The lowest BCUT2D eigenvalue weighted by Gasteiger charge is -2.31. The third-order valence-electron chi connectivity index (χ3n) is 9.12. The highest BCUT2D eigenvalue weighted by Gasteiger charge is 2.49. The third-order valence-corrected chi connectivity index (χ3v) is 17.8. The summed E-state index contributed by atoms with van der Waals surface area (Å²) in [6, 6.07) is 76.8. The Kier molecular flexibility index (Phi) is 14.5. The standard InChI is InChI=1S/C44H38P2.2BF4/c1-7-23-39(24-8-1)45(40-25-9-2-10-26-40,41-27-11-3-12-28-41)35-37-21-19-20-22-38(37)36-46(42-29-13-4-14-30-42,43-31-15-5-16-32-43)44-33-17-6-18-34-44;2*2-1(3,4)5/h1-34H,35-36H2;;/q+2;2*-1. The lowest BCUT2D eigenvalue weighted by atomic mass is 10.1. The van der Waals surface area contributed by atoms with Gasteiger partial charge in [0.25, 0.3) is 0 Å². The van der Waals surface area contributed by atoms with Gasteiger partial charge in [-0.05, 0) is 83.9 Å². The van der Waals surface area contributed by atoms with Gasteiger partial charge in [0.2, 0.25) is 0 Å². The molecule has 0 saturated heterocycles. The van der Waals surface area contributed by atoms with Gasteiger partial charge in [0.05, 0.1) is 12.3 Å². The Morgan fingerprint density at radius 2 is 0.393 bits per heavy atom. The van der Waals surface area contributed by atoms with E-state index in [2.05, 4.69) is 206 Å². The summed E-state index contributed by atoms with van der Waals surface area (Å²) in [7, 11) is -16.1. The Labute approximate surface area is 324 Å². The van der Waals surface area contributed by atoms with E-state index in [-0.39, 0.29) is 0 Å². The second-order valence-corrected chi connectivity index (χ2v) is 19.7. The molecule has 0 spiro atoms. The van der Waals surface area contributed by atoms with Crippen molar-refractivity contribution in [1.29, 1.82) is 0 Å². The molecule has 0 aromatic heterocycles. The van der Waals surface area contributed by atoms with Crippen LogP contribution in [0.3, 0.4) is 0 Å². The second-order valence-electron chi connectivity index (χ2n) is 12.7. The molecule has 0 nitrogen and oxygen atoms in total. The molecule has 0 fully saturated rings. The Bertz CT molecular complexity index is 1830. The molecule has 0 saturated carbocycles. The van der Waals surface area contributed by atoms with Crippen LogP contribution in [0.15, 0.2) is 206 Å². The zero-order chi connectivity index (χ0) is 40.1. The SMILES string of the molecule is F[B-](F)(F)F.F[B-](F)(F)F.c1ccc([P+](Cc2ccccc2C[P+](c2ccccc2)(c2ccccc2)c2ccccc2)(c2ccccc2)c2ccccc2)cc1. The van der Waals surface area contributed by atoms with Crippen LogP contribution in [0.1, 0.15) is 11.1 Å². The normalized spacial score (nSPS) is 11.7. The van der Waals surface area contributed by atoms with Crippen molar-refractivity contribution in [3.8, 4) is 0 Å². The van der Waals surface area contributed by atoms with E-state index in [0.717, 1.165) is 12.3 Å². The Morgan fingerprint density at radius 1 is 0.250 bits per heavy atom. The average Bonchev–Trinajstić information content (AvgIpc) is 3.20. The first kappa shape index (κ1) is 42.1. The summed E-state index contributed by atoms with van der Waals surface area (Å²) < 4.78 is 78.0. The summed E-state index contributed by atoms with van der Waals surface area (Å²) in [5, 5.41) is 8.49. The van der Waals surface area contributed by atoms with E-state index in [0.29, 0.717) is 0 Å². The Morgan fingerprint density at radius 3 is 0.554 bits per heavy atom. The van der Waals surface area contributed by atoms with Gasteiger partial charge in [-0.2, -0.15) is 0 Å². The summed E-state index contributed by atoms with van der Waals surface area (Å²) >= 11 is 0. The first-order valence-corrected chi connectivity index (χ1v) is 21.7. The molecule has 0 atom stereocenters. The van der Waals surface area contributed by atoms with Crippen LogP contribution >= 0.6 is 14.5 Å². The predicted octanol–water partition coefficient (Wildman–Crippen LogP) is 11.3. The summed E-state index contributed by atoms with van der Waals surface area (Å²) in [6.45, 7) is 0. The average molecular weight is 802 g/mol. The van der Waals surface area contributed by atoms with Gasteiger partial charge >= 0.3 is 14.5 Å². The minimum Gasteiger partial charge on any atom is -0.418 e. The fourth-order valence-electron chi connectivity index (χ4n) is 6.91. The first-order chi connectivity index (χ1) is 26.8. The maximum atomic E-state index is 9.75. The van der Waals surface area contributed by atoms with Gasteiger partial charge in [-0.15, -0.1) is 0 Å². The molecule has 0 amide bonds. The summed E-state index contributed by atoms with van der Waals surface area (Å²) in [5.41, 5.74) is 2.86. The first-order valence-electron chi connectivity index (χ1n) is 17.7. The van der Waals surface area contributed by atoms with E-state index in [1.165, 1.54) is 43.0 Å². The zero-order valence-corrected chi connectivity index (χ0v) is 31.9. The smallest absolute Gasteiger partial charge is 0.418 e. The summed E-state index contributed by atoms with van der Waals surface area (Å²) in [6.07, 6.45) is 1.92. The number of benzene rings is 7. The third kappa shape index (κ3) is 11.3. The molecule has 56 heavy (non-hydrogen) atoms. The predicted molar refractivity (Wildman–Crippen MR) is 225 cm³/mol. The molecule has 0 bridgehead atoms. The molecular formula is C44H38B2F8P2. The second kappa shape index (κ2) is 19.2. The topological polar surface area (TPSA) is 0 Å². The highest BCUT2D eigenvalue weighted by Crippen LogP contribution is 2.61. The monoisotopic (exact) mass is 802 g/mol. The molecule has 0 aliphatic rings. The number of hydrogen-bond acceptors (Lipinski definition) is 0. The van der Waals surface area contributed by atoms with Gasteiger partial charge in [-0.1, -0.05) is 133 Å². The van der Waals surface area contributed by atoms with Gasteiger partial charge in [0, 0.05) is 0 Å². The maximum Gasteiger partial charge on any atom is 0.673 e. The molecule has 0 aliphatic heterocycles. The van der Waals surface area contributed by atoms with Gasteiger partial charge < -0.3 is 34.5 Å². The van der Waals surface area contributed by atoms with E-state index >= 15 is 0 Å². The quantitative estimate of drug-likeness (QED) is 0.0734. The van der Waals surface area contributed by atoms with Gasteiger partial charge in [-0.25, -0.2) is 0 Å². The van der Waals surface area contributed by atoms with Crippen LogP contribution in [0.4, 0.5) is 34.5 Å². The summed E-state index contributed by atoms with van der Waals surface area (Å²) in [4.78, 5) is 0. The van der Waals surface area contributed by atoms with Crippen LogP contribution in [0, 0.1) is 0 Å². The zero-order valence-electron chi connectivity index (χ0n) is 30.1. The van der Waals surface area contributed by atoms with Crippen molar-refractivity contribution in [2.24, 2.45) is 0 Å². The van der Waals surface area contributed by atoms with Crippen LogP contribution in [0.25, 0.3) is 0 Å². The lowest BCUT2D eigenvalue weighted by Crippen LogP contribution is -2.34. The molecule has 7 rings (SSSR count). The van der Waals surface area contributed by atoms with Gasteiger partial charge in [-0.3, -0.25) is 0 Å². The van der Waals surface area contributed by atoms with E-state index < -0.39 is 29.0 Å². The Hall–Kier alpha value is -5.03. The fourth-order valence-corrected chi connectivity index (χ4v) is 15.5.